The smallest absolute Gasteiger partial charge is 0.251 e. The minimum Gasteiger partial charge on any atom is -0.390 e. The van der Waals surface area contributed by atoms with E-state index in [9.17, 15) is 19.8 Å². The van der Waals surface area contributed by atoms with E-state index in [1.807, 2.05) is 13.8 Å². The first kappa shape index (κ1) is 32.8. The third-order valence-electron chi connectivity index (χ3n) is 5.75. The van der Waals surface area contributed by atoms with Gasteiger partial charge in [0.05, 0.1) is 17.8 Å². The Morgan fingerprint density at radius 2 is 1.31 bits per heavy atom. The van der Waals surface area contributed by atoms with Gasteiger partial charge in [0.15, 0.2) is 6.10 Å². The molecular weight excluding hydrogens is 448 g/mol. The first-order valence-corrected chi connectivity index (χ1v) is 13.1. The number of amidine groups is 2. The van der Waals surface area contributed by atoms with Gasteiger partial charge in [-0.1, -0.05) is 33.6 Å². The zero-order valence-electron chi connectivity index (χ0n) is 22.2. The molecule has 0 aliphatic rings. The summed E-state index contributed by atoms with van der Waals surface area (Å²) in [7, 11) is 0. The summed E-state index contributed by atoms with van der Waals surface area (Å²) < 4.78 is 0. The summed E-state index contributed by atoms with van der Waals surface area (Å²) in [6.07, 6.45) is 4.26. The van der Waals surface area contributed by atoms with Crippen LogP contribution in [0.15, 0.2) is 0 Å². The second-order valence-corrected chi connectivity index (χ2v) is 9.63. The van der Waals surface area contributed by atoms with E-state index in [4.69, 9.17) is 10.8 Å². The van der Waals surface area contributed by atoms with Gasteiger partial charge in [0.1, 0.15) is 0 Å². The molecule has 0 bridgehead atoms. The van der Waals surface area contributed by atoms with E-state index < -0.39 is 18.1 Å². The average Bonchev–Trinajstić information content (AvgIpc) is 2.81. The van der Waals surface area contributed by atoms with Gasteiger partial charge in [0.2, 0.25) is 5.91 Å². The van der Waals surface area contributed by atoms with Crippen molar-refractivity contribution < 1.29 is 19.8 Å². The molecule has 1 unspecified atom stereocenters. The predicted molar refractivity (Wildman–Crippen MR) is 141 cm³/mol. The predicted octanol–water partition coefficient (Wildman–Crippen LogP) is 2.04. The SMILES string of the molecule is CCC(C)NC(=O)CC[C@H](O)[C@@H](O)C(=O)NCCNC(=N)CCCCCCC(=N)NCCC(C)C. The van der Waals surface area contributed by atoms with Gasteiger partial charge in [0.25, 0.3) is 5.91 Å². The van der Waals surface area contributed by atoms with Crippen LogP contribution in [0.1, 0.15) is 91.9 Å². The van der Waals surface area contributed by atoms with Gasteiger partial charge in [-0.15, -0.1) is 0 Å². The number of aliphatic hydroxyl groups excluding tert-OH is 2. The fraction of sp³-hybridized carbons (Fsp3) is 0.840. The Labute approximate surface area is 211 Å². The number of unbranched alkanes of at least 4 members (excludes halogenated alkanes) is 3. The van der Waals surface area contributed by atoms with Crippen molar-refractivity contribution in [1.82, 2.24) is 21.3 Å². The van der Waals surface area contributed by atoms with Crippen LogP contribution in [0.5, 0.6) is 0 Å². The topological polar surface area (TPSA) is 170 Å². The van der Waals surface area contributed by atoms with Crippen LogP contribution in [0.3, 0.4) is 0 Å². The molecule has 0 rings (SSSR count). The van der Waals surface area contributed by atoms with Gasteiger partial charge in [-0.25, -0.2) is 0 Å². The number of carbonyl (C=O) groups excluding carboxylic acids is 2. The zero-order valence-corrected chi connectivity index (χ0v) is 22.2. The molecule has 0 heterocycles. The van der Waals surface area contributed by atoms with Gasteiger partial charge in [-0.3, -0.25) is 20.4 Å². The molecule has 3 atom stereocenters. The molecule has 0 spiro atoms. The monoisotopic (exact) mass is 498 g/mol. The van der Waals surface area contributed by atoms with E-state index in [1.54, 1.807) is 0 Å². The third kappa shape index (κ3) is 18.8. The highest BCUT2D eigenvalue weighted by molar-refractivity contribution is 5.82. The normalized spacial score (nSPS) is 13.6. The molecule has 10 heteroatoms. The van der Waals surface area contributed by atoms with Crippen molar-refractivity contribution in [3.05, 3.63) is 0 Å². The lowest BCUT2D eigenvalue weighted by molar-refractivity contribution is -0.136. The molecule has 0 saturated heterocycles. The number of hydrogen-bond acceptors (Lipinski definition) is 6. The molecule has 2 amide bonds. The van der Waals surface area contributed by atoms with Gasteiger partial charge in [0, 0.05) is 44.9 Å². The lowest BCUT2D eigenvalue weighted by Gasteiger charge is -2.18. The standard InChI is InChI=1S/C25H50N6O4/c1-5-19(4)31-23(33)13-12-20(32)24(34)25(35)30-17-16-29-22(27)11-9-7-6-8-10-21(26)28-15-14-18(2)3/h18-20,24,32,34H,5-17H2,1-4H3,(H2,26,28)(H2,27,29)(H,30,35)(H,31,33)/t19?,20-,24+/m0/s1. The summed E-state index contributed by atoms with van der Waals surface area (Å²) in [5, 5.41) is 47.1. The lowest BCUT2D eigenvalue weighted by atomic mass is 10.1. The number of amides is 2. The van der Waals surface area contributed by atoms with Gasteiger partial charge in [-0.05, 0) is 44.9 Å². The van der Waals surface area contributed by atoms with E-state index in [2.05, 4.69) is 35.1 Å². The molecular formula is C25H50N6O4. The molecule has 0 radical (unpaired) electrons. The summed E-state index contributed by atoms with van der Waals surface area (Å²) in [5.74, 6) is 0.724. The van der Waals surface area contributed by atoms with Crippen LogP contribution in [-0.2, 0) is 9.59 Å². The Balaban J connectivity index is 3.78. The van der Waals surface area contributed by atoms with Crippen molar-refractivity contribution in [1.29, 1.82) is 10.8 Å². The van der Waals surface area contributed by atoms with E-state index in [0.717, 1.165) is 51.5 Å². The Kier molecular flexibility index (Phi) is 18.8. The molecule has 35 heavy (non-hydrogen) atoms. The van der Waals surface area contributed by atoms with Crippen molar-refractivity contribution in [2.24, 2.45) is 5.92 Å². The van der Waals surface area contributed by atoms with Crippen molar-refractivity contribution in [2.75, 3.05) is 19.6 Å². The molecule has 0 aromatic rings. The van der Waals surface area contributed by atoms with E-state index in [1.165, 1.54) is 0 Å². The van der Waals surface area contributed by atoms with Crippen LogP contribution in [-0.4, -0.2) is 71.6 Å². The maximum atomic E-state index is 12.0. The fourth-order valence-electron chi connectivity index (χ4n) is 3.21. The number of carbonyl (C=O) groups is 2. The molecule has 0 aromatic carbocycles. The highest BCUT2D eigenvalue weighted by atomic mass is 16.3. The Hall–Kier alpha value is -2.20. The summed E-state index contributed by atoms with van der Waals surface area (Å²) in [6, 6.07) is 0.0430. The molecule has 0 aromatic heterocycles. The Morgan fingerprint density at radius 1 is 0.771 bits per heavy atom. The highest BCUT2D eigenvalue weighted by Crippen LogP contribution is 2.06. The first-order chi connectivity index (χ1) is 16.6. The van der Waals surface area contributed by atoms with Crippen LogP contribution in [0, 0.1) is 16.7 Å². The maximum Gasteiger partial charge on any atom is 0.251 e. The summed E-state index contributed by atoms with van der Waals surface area (Å²) in [6.45, 7) is 9.60. The quantitative estimate of drug-likeness (QED) is 0.0725. The number of hydrogen-bond donors (Lipinski definition) is 8. The second kappa shape index (κ2) is 20.0. The van der Waals surface area contributed by atoms with Crippen LogP contribution < -0.4 is 21.3 Å². The molecule has 10 nitrogen and oxygen atoms in total. The van der Waals surface area contributed by atoms with E-state index in [0.29, 0.717) is 30.6 Å². The summed E-state index contributed by atoms with van der Waals surface area (Å²) in [5.41, 5.74) is 0. The largest absolute Gasteiger partial charge is 0.390 e. The van der Waals surface area contributed by atoms with Crippen LogP contribution >= 0.6 is 0 Å². The van der Waals surface area contributed by atoms with Gasteiger partial charge >= 0.3 is 0 Å². The number of rotatable bonds is 20. The molecule has 8 N–H and O–H groups in total. The van der Waals surface area contributed by atoms with Crippen LogP contribution in [0.2, 0.25) is 0 Å². The van der Waals surface area contributed by atoms with Crippen LogP contribution in [0.4, 0.5) is 0 Å². The van der Waals surface area contributed by atoms with Crippen molar-refractivity contribution in [3.63, 3.8) is 0 Å². The minimum absolute atomic E-state index is 0.00443. The minimum atomic E-state index is -1.60. The summed E-state index contributed by atoms with van der Waals surface area (Å²) in [4.78, 5) is 23.7. The number of aliphatic hydroxyl groups is 2. The second-order valence-electron chi connectivity index (χ2n) is 9.63. The molecule has 0 saturated carbocycles. The highest BCUT2D eigenvalue weighted by Gasteiger charge is 2.24. The van der Waals surface area contributed by atoms with Gasteiger partial charge < -0.3 is 31.5 Å². The third-order valence-corrected chi connectivity index (χ3v) is 5.75. The van der Waals surface area contributed by atoms with E-state index in [-0.39, 0.29) is 31.3 Å². The lowest BCUT2D eigenvalue weighted by Crippen LogP contribution is -2.45. The Bertz CT molecular complexity index is 629. The maximum absolute atomic E-state index is 12.0. The van der Waals surface area contributed by atoms with Crippen LogP contribution in [0.25, 0.3) is 0 Å². The fourth-order valence-corrected chi connectivity index (χ4v) is 3.21. The molecule has 204 valence electrons. The molecule has 0 fully saturated rings. The zero-order chi connectivity index (χ0) is 26.6. The Morgan fingerprint density at radius 3 is 1.86 bits per heavy atom. The van der Waals surface area contributed by atoms with Crippen molar-refractivity contribution in [2.45, 2.75) is 110 Å². The summed E-state index contributed by atoms with van der Waals surface area (Å²) >= 11 is 0. The molecule has 0 aliphatic heterocycles. The molecule has 0 aliphatic carbocycles. The van der Waals surface area contributed by atoms with E-state index >= 15 is 0 Å². The van der Waals surface area contributed by atoms with Crippen molar-refractivity contribution >= 4 is 23.5 Å². The number of nitrogens with one attached hydrogen (secondary N) is 6. The first-order valence-electron chi connectivity index (χ1n) is 13.1. The van der Waals surface area contributed by atoms with Crippen molar-refractivity contribution in [3.8, 4) is 0 Å². The average molecular weight is 499 g/mol. The van der Waals surface area contributed by atoms with Gasteiger partial charge in [-0.2, -0.15) is 0 Å².